The molecule has 7 rings (SSSR count). The smallest absolute Gasteiger partial charge is 0.113 e. The minimum Gasteiger partial charge on any atom is -0.381 e. The van der Waals surface area contributed by atoms with E-state index in [0.717, 1.165) is 47.9 Å². The summed E-state index contributed by atoms with van der Waals surface area (Å²) in [6.07, 6.45) is 14.4. The van der Waals surface area contributed by atoms with Gasteiger partial charge in [0.25, 0.3) is 0 Å². The molecule has 0 aliphatic heterocycles. The van der Waals surface area contributed by atoms with Crippen molar-refractivity contribution in [3.63, 3.8) is 0 Å². The number of aryl methyl sites for hydroxylation is 4. The molecule has 1 nitrogen and oxygen atoms in total. The molecular weight excluding hydrogens is 697 g/mol. The summed E-state index contributed by atoms with van der Waals surface area (Å²) in [6, 6.07) is 27.9. The van der Waals surface area contributed by atoms with Gasteiger partial charge in [-0.3, -0.25) is 0 Å². The molecule has 1 N–H and O–H groups in total. The standard InChI is InChI=1S/C46H52OS4/c1-6-10-12-14-16-30-28-42(40-24-20-34(8-3)48-40)50-44(30)32-18-22-36-37-23-19-33(27-39(37)46(5,47)38(36)26-32)45-31(17-15-13-11-7-2)29-43(51-45)41-25-21-35(9-4)49-41/h18-29,47H,6-17H2,1-5H3. The van der Waals surface area contributed by atoms with Crippen molar-refractivity contribution in [2.24, 2.45) is 0 Å². The van der Waals surface area contributed by atoms with Gasteiger partial charge in [-0.15, -0.1) is 45.3 Å². The van der Waals surface area contributed by atoms with E-state index in [2.05, 4.69) is 100 Å². The molecule has 0 atom stereocenters. The molecule has 0 saturated carbocycles. The predicted octanol–water partition coefficient (Wildman–Crippen LogP) is 15.2. The zero-order valence-electron chi connectivity index (χ0n) is 31.0. The Bertz CT molecular complexity index is 1950. The van der Waals surface area contributed by atoms with E-state index in [1.165, 1.54) is 113 Å². The fraction of sp³-hybridized carbons (Fsp3) is 0.391. The van der Waals surface area contributed by atoms with Crippen LogP contribution in [0.25, 0.3) is 51.5 Å². The lowest BCUT2D eigenvalue weighted by Gasteiger charge is -2.21. The van der Waals surface area contributed by atoms with Crippen LogP contribution in [0.3, 0.4) is 0 Å². The molecule has 0 saturated heterocycles. The maximum atomic E-state index is 12.4. The summed E-state index contributed by atoms with van der Waals surface area (Å²) in [5, 5.41) is 12.4. The van der Waals surface area contributed by atoms with Gasteiger partial charge in [0.2, 0.25) is 0 Å². The number of hydrogen-bond donors (Lipinski definition) is 1. The molecule has 0 radical (unpaired) electrons. The van der Waals surface area contributed by atoms with Crippen LogP contribution in [0, 0.1) is 0 Å². The normalized spacial score (nSPS) is 13.2. The Labute approximate surface area is 322 Å². The molecule has 0 spiro atoms. The average molecular weight is 749 g/mol. The predicted molar refractivity (Wildman–Crippen MR) is 228 cm³/mol. The van der Waals surface area contributed by atoms with E-state index in [0.29, 0.717) is 0 Å². The third-order valence-corrected chi connectivity index (χ3v) is 15.9. The first-order valence-corrected chi connectivity index (χ1v) is 22.6. The van der Waals surface area contributed by atoms with E-state index >= 15 is 0 Å². The van der Waals surface area contributed by atoms with E-state index < -0.39 is 5.60 Å². The van der Waals surface area contributed by atoms with Crippen LogP contribution in [-0.2, 0) is 31.3 Å². The van der Waals surface area contributed by atoms with Gasteiger partial charge in [-0.2, -0.15) is 0 Å². The molecule has 2 aromatic carbocycles. The quantitative estimate of drug-likeness (QED) is 0.0977. The van der Waals surface area contributed by atoms with Crippen molar-refractivity contribution < 1.29 is 5.11 Å². The molecule has 1 aliphatic carbocycles. The molecule has 0 fully saturated rings. The van der Waals surface area contributed by atoms with E-state index in [1.807, 2.05) is 52.3 Å². The lowest BCUT2D eigenvalue weighted by Crippen LogP contribution is -2.19. The van der Waals surface area contributed by atoms with Crippen molar-refractivity contribution in [3.8, 4) is 51.5 Å². The van der Waals surface area contributed by atoms with Crippen LogP contribution < -0.4 is 0 Å². The first kappa shape index (κ1) is 36.6. The van der Waals surface area contributed by atoms with Crippen LogP contribution in [-0.4, -0.2) is 5.11 Å². The first-order valence-electron chi connectivity index (χ1n) is 19.3. The van der Waals surface area contributed by atoms with Crippen molar-refractivity contribution >= 4 is 45.3 Å². The van der Waals surface area contributed by atoms with Crippen molar-refractivity contribution in [2.45, 2.75) is 117 Å². The van der Waals surface area contributed by atoms with Gasteiger partial charge in [-0.05, 0) is 138 Å². The van der Waals surface area contributed by atoms with Crippen LogP contribution in [0.2, 0.25) is 0 Å². The van der Waals surface area contributed by atoms with Crippen LogP contribution >= 0.6 is 45.3 Å². The second-order valence-corrected chi connectivity index (χ2v) is 18.8. The van der Waals surface area contributed by atoms with E-state index in [4.69, 9.17) is 0 Å². The van der Waals surface area contributed by atoms with Gasteiger partial charge in [-0.1, -0.05) is 90.5 Å². The first-order chi connectivity index (χ1) is 24.8. The van der Waals surface area contributed by atoms with Crippen molar-refractivity contribution in [1.82, 2.24) is 0 Å². The zero-order valence-corrected chi connectivity index (χ0v) is 34.3. The van der Waals surface area contributed by atoms with Crippen molar-refractivity contribution in [2.75, 3.05) is 0 Å². The maximum Gasteiger partial charge on any atom is 0.113 e. The largest absolute Gasteiger partial charge is 0.381 e. The summed E-state index contributed by atoms with van der Waals surface area (Å²) in [4.78, 5) is 11.1. The monoisotopic (exact) mass is 748 g/mol. The average Bonchev–Trinajstić information content (AvgIpc) is 3.99. The Morgan fingerprint density at radius 2 is 0.941 bits per heavy atom. The highest BCUT2D eigenvalue weighted by Gasteiger charge is 2.38. The number of rotatable bonds is 16. The van der Waals surface area contributed by atoms with E-state index in [1.54, 1.807) is 0 Å². The number of thiophene rings is 4. The molecule has 0 amide bonds. The molecule has 6 aromatic rings. The van der Waals surface area contributed by atoms with Gasteiger partial charge >= 0.3 is 0 Å². The maximum absolute atomic E-state index is 12.4. The summed E-state index contributed by atoms with van der Waals surface area (Å²) >= 11 is 7.71. The molecule has 0 bridgehead atoms. The molecule has 266 valence electrons. The molecule has 0 unspecified atom stereocenters. The minimum absolute atomic E-state index is 1.03. The number of unbranched alkanes of at least 4 members (excludes halogenated alkanes) is 6. The van der Waals surface area contributed by atoms with Gasteiger partial charge in [0, 0.05) is 39.0 Å². The van der Waals surface area contributed by atoms with Crippen molar-refractivity contribution in [1.29, 1.82) is 0 Å². The van der Waals surface area contributed by atoms with Crippen LogP contribution in [0.15, 0.2) is 72.8 Å². The summed E-state index contributed by atoms with van der Waals surface area (Å²) in [7, 11) is 0. The summed E-state index contributed by atoms with van der Waals surface area (Å²) in [6.45, 7) is 11.1. The molecule has 5 heteroatoms. The Hall–Kier alpha value is -2.80. The summed E-state index contributed by atoms with van der Waals surface area (Å²) in [5.74, 6) is 0. The Kier molecular flexibility index (Phi) is 11.5. The van der Waals surface area contributed by atoms with Crippen LogP contribution in [0.4, 0.5) is 0 Å². The van der Waals surface area contributed by atoms with E-state index in [9.17, 15) is 5.11 Å². The van der Waals surface area contributed by atoms with Crippen LogP contribution in [0.5, 0.6) is 0 Å². The van der Waals surface area contributed by atoms with E-state index in [-0.39, 0.29) is 0 Å². The number of fused-ring (bicyclic) bond motifs is 3. The highest BCUT2D eigenvalue weighted by Crippen LogP contribution is 2.52. The molecular formula is C46H52OS4. The highest BCUT2D eigenvalue weighted by molar-refractivity contribution is 7.24. The SMILES string of the molecule is CCCCCCc1cc(-c2ccc(CC)s2)sc1-c1ccc2c(c1)C(C)(O)c1cc(-c3sc(-c4ccc(CC)s4)cc3CCCCCC)ccc1-2. The molecule has 51 heavy (non-hydrogen) atoms. The summed E-state index contributed by atoms with van der Waals surface area (Å²) < 4.78 is 0. The van der Waals surface area contributed by atoms with Gasteiger partial charge in [0.1, 0.15) is 5.60 Å². The Balaban J connectivity index is 1.23. The summed E-state index contributed by atoms with van der Waals surface area (Å²) in [5.41, 5.74) is 8.68. The van der Waals surface area contributed by atoms with Crippen LogP contribution in [0.1, 0.15) is 118 Å². The van der Waals surface area contributed by atoms with Gasteiger partial charge in [0.15, 0.2) is 0 Å². The third-order valence-electron chi connectivity index (χ3n) is 10.6. The molecule has 1 aliphatic rings. The lowest BCUT2D eigenvalue weighted by molar-refractivity contribution is 0.107. The topological polar surface area (TPSA) is 20.2 Å². The fourth-order valence-electron chi connectivity index (χ4n) is 7.64. The third kappa shape index (κ3) is 7.53. The Morgan fingerprint density at radius 3 is 1.33 bits per heavy atom. The van der Waals surface area contributed by atoms with Gasteiger partial charge < -0.3 is 5.11 Å². The lowest BCUT2D eigenvalue weighted by atomic mass is 9.91. The van der Waals surface area contributed by atoms with Crippen molar-refractivity contribution in [3.05, 3.63) is 105 Å². The van der Waals surface area contributed by atoms with Gasteiger partial charge in [0.05, 0.1) is 0 Å². The highest BCUT2D eigenvalue weighted by atomic mass is 32.1. The molecule has 4 heterocycles. The van der Waals surface area contributed by atoms with Gasteiger partial charge in [-0.25, -0.2) is 0 Å². The second-order valence-electron chi connectivity index (χ2n) is 14.4. The number of aliphatic hydroxyl groups is 1. The Morgan fingerprint density at radius 1 is 0.490 bits per heavy atom. The second kappa shape index (κ2) is 16.1. The fourth-order valence-corrected chi connectivity index (χ4v) is 12.1. The minimum atomic E-state index is -1.06. The number of hydrogen-bond acceptors (Lipinski definition) is 5. The zero-order chi connectivity index (χ0) is 35.5. The number of benzene rings is 2. The molecule has 4 aromatic heterocycles.